The van der Waals surface area contributed by atoms with E-state index in [1.54, 1.807) is 36.9 Å². The van der Waals surface area contributed by atoms with Crippen LogP contribution >= 0.6 is 0 Å². The number of anilines is 2. The molecule has 0 unspecified atom stereocenters. The Morgan fingerprint density at radius 2 is 1.34 bits per heavy atom. The minimum atomic E-state index is -1.01. The normalized spacial score (nSPS) is 21.5. The topological polar surface area (TPSA) is 217 Å². The Balaban J connectivity index is 0.727. The molecule has 0 spiro atoms. The van der Waals surface area contributed by atoms with Gasteiger partial charge in [-0.1, -0.05) is 169 Å². The Morgan fingerprint density at radius 3 is 2.01 bits per heavy atom. The molecular formula is C84H106N6O11. The van der Waals surface area contributed by atoms with Gasteiger partial charge < -0.3 is 45.1 Å². The molecule has 4 aliphatic rings. The summed E-state index contributed by atoms with van der Waals surface area (Å²) >= 11 is 0. The molecule has 538 valence electrons. The summed E-state index contributed by atoms with van der Waals surface area (Å²) in [7, 11) is 1.64. The minimum Gasteiger partial charge on any atom is -0.497 e. The maximum atomic E-state index is 14.5. The van der Waals surface area contributed by atoms with Crippen molar-refractivity contribution in [2.24, 2.45) is 46.3 Å². The number of ether oxygens (including phenoxy) is 4. The number of nitro groups is 1. The SMILES string of the molecule is COc1ccc(N(CCCC[C@H](NC(=O)C[C@H](Cc2ccccc2)NC(=O)CCC(=O)NCCCO[C@H]2CC[C@@]3(C)C(=CC[C@H]4[C@@H]5CC[C@H]([C@H](C)CCCC(C)C)[C@@]5(C)CC[C@@H]43)C2)C(=O)Nc2ccc(COC(=O)Oc3ccc([N+](=O)[O-])cc3)cc2)C(c2ccccc2)c2ccccc2)cc1. The van der Waals surface area contributed by atoms with E-state index in [2.05, 4.69) is 91.1 Å². The molecule has 0 radical (unpaired) electrons. The number of hydrogen-bond acceptors (Lipinski definition) is 12. The average Bonchev–Trinajstić information content (AvgIpc) is 1.69. The van der Waals surface area contributed by atoms with Gasteiger partial charge in [0.2, 0.25) is 23.6 Å². The lowest BCUT2D eigenvalue weighted by Gasteiger charge is -2.58. The zero-order valence-electron chi connectivity index (χ0n) is 60.1. The van der Waals surface area contributed by atoms with Crippen LogP contribution in [0.2, 0.25) is 0 Å². The third-order valence-corrected chi connectivity index (χ3v) is 22.5. The van der Waals surface area contributed by atoms with Crippen molar-refractivity contribution in [2.45, 2.75) is 187 Å². The molecule has 0 aromatic heterocycles. The van der Waals surface area contributed by atoms with Crippen molar-refractivity contribution in [1.82, 2.24) is 16.0 Å². The van der Waals surface area contributed by atoms with Crippen LogP contribution in [0.4, 0.5) is 21.9 Å². The summed E-state index contributed by atoms with van der Waals surface area (Å²) in [4.78, 5) is 81.4. The molecule has 0 aliphatic heterocycles. The first-order valence-corrected chi connectivity index (χ1v) is 37.1. The van der Waals surface area contributed by atoms with Crippen molar-refractivity contribution >= 4 is 46.8 Å². The van der Waals surface area contributed by atoms with E-state index < -0.39 is 35.0 Å². The van der Waals surface area contributed by atoms with Crippen LogP contribution in [0, 0.1) is 56.5 Å². The van der Waals surface area contributed by atoms with Gasteiger partial charge in [-0.25, -0.2) is 4.79 Å². The number of amides is 4. The van der Waals surface area contributed by atoms with Crippen molar-refractivity contribution in [3.8, 4) is 11.5 Å². The van der Waals surface area contributed by atoms with Crippen LogP contribution in [0.15, 0.2) is 175 Å². The Morgan fingerprint density at radius 1 is 0.663 bits per heavy atom. The van der Waals surface area contributed by atoms with Gasteiger partial charge in [0.25, 0.3) is 5.69 Å². The number of nitrogens with one attached hydrogen (secondary N) is 4. The molecule has 0 bridgehead atoms. The Labute approximate surface area is 597 Å². The number of fused-ring (bicyclic) bond motifs is 5. The van der Waals surface area contributed by atoms with Crippen molar-refractivity contribution in [3.05, 3.63) is 208 Å². The van der Waals surface area contributed by atoms with Gasteiger partial charge in [0.1, 0.15) is 24.1 Å². The predicted molar refractivity (Wildman–Crippen MR) is 396 cm³/mol. The number of rotatable bonds is 35. The molecule has 10 rings (SSSR count). The first-order valence-electron chi connectivity index (χ1n) is 37.1. The maximum absolute atomic E-state index is 14.5. The number of non-ortho nitro benzene ring substituents is 1. The third kappa shape index (κ3) is 20.5. The number of nitrogens with zero attached hydrogens (tertiary/aromatic N) is 2. The van der Waals surface area contributed by atoms with Crippen molar-refractivity contribution < 1.29 is 47.8 Å². The lowest BCUT2D eigenvalue weighted by Crippen LogP contribution is -2.51. The lowest BCUT2D eigenvalue weighted by molar-refractivity contribution is -0.384. The van der Waals surface area contributed by atoms with E-state index in [9.17, 15) is 34.1 Å². The molecule has 4 amide bonds. The highest BCUT2D eigenvalue weighted by Crippen LogP contribution is 2.67. The van der Waals surface area contributed by atoms with Gasteiger partial charge in [-0.05, 0) is 201 Å². The number of unbranched alkanes of at least 4 members (excludes halogenated alkanes) is 1. The number of methoxy groups -OCH3 is 1. The van der Waals surface area contributed by atoms with E-state index in [4.69, 9.17) is 18.9 Å². The summed E-state index contributed by atoms with van der Waals surface area (Å²) in [6, 6.07) is 48.1. The maximum Gasteiger partial charge on any atom is 0.514 e. The number of hydrogen-bond donors (Lipinski definition) is 4. The van der Waals surface area contributed by atoms with Gasteiger partial charge in [0.15, 0.2) is 0 Å². The third-order valence-electron chi connectivity index (χ3n) is 22.5. The molecule has 101 heavy (non-hydrogen) atoms. The van der Waals surface area contributed by atoms with E-state index in [0.29, 0.717) is 62.0 Å². The fourth-order valence-electron chi connectivity index (χ4n) is 17.2. The van der Waals surface area contributed by atoms with E-state index >= 15 is 0 Å². The van der Waals surface area contributed by atoms with Crippen LogP contribution in [0.25, 0.3) is 0 Å². The van der Waals surface area contributed by atoms with E-state index in [1.807, 2.05) is 91.0 Å². The molecule has 3 fully saturated rings. The fraction of sp³-hybridized carbons (Fsp3) is 0.488. The van der Waals surface area contributed by atoms with E-state index in [-0.39, 0.29) is 73.1 Å². The zero-order chi connectivity index (χ0) is 71.3. The Kier molecular flexibility index (Phi) is 26.8. The molecule has 0 heterocycles. The molecule has 10 atom stereocenters. The summed E-state index contributed by atoms with van der Waals surface area (Å²) in [5, 5.41) is 23.1. The smallest absolute Gasteiger partial charge is 0.497 e. The molecule has 17 heteroatoms. The molecule has 3 saturated carbocycles. The van der Waals surface area contributed by atoms with Crippen molar-refractivity contribution in [2.75, 3.05) is 37.0 Å². The van der Waals surface area contributed by atoms with Crippen molar-refractivity contribution in [1.29, 1.82) is 0 Å². The molecule has 17 nitrogen and oxygen atoms in total. The molecular weight excluding hydrogens is 1270 g/mol. The van der Waals surface area contributed by atoms with Crippen LogP contribution < -0.4 is 35.6 Å². The second-order valence-electron chi connectivity index (χ2n) is 29.7. The standard InChI is InChI=1S/C84H106N6O11/c1-58(2)20-18-21-59(3)73-43-44-74-72-42-31-64-55-71(47-49-83(64,4)75(72)48-50-84(73,74)5)99-53-19-51-85-77(91)45-46-78(92)86-66(54-60-22-10-7-11-23-60)56-79(93)88-76(81(94)87-65-32-29-61(30-33-65)57-100-82(95)101-70-40-36-68(37-41-70)90(96)97)28-16-17-52-89(67-34-38-69(98-6)39-35-67)80(62-24-12-8-13-25-62)63-26-14-9-15-27-63/h7-15,22-27,29-41,58-59,66,71-76,80H,16-21,28,42-57H2,1-6H3,(H,85,91)(H,86,92)(H,87,94)(H,88,93)/t59-,66+,71+,72+,73-,74+,75+,76+,83+,84-/m1/s1. The molecule has 4 N–H and O–H groups in total. The number of nitro benzene ring substituents is 1. The summed E-state index contributed by atoms with van der Waals surface area (Å²) in [6.45, 7) is 13.9. The van der Waals surface area contributed by atoms with Crippen molar-refractivity contribution in [3.63, 3.8) is 0 Å². The Bertz CT molecular complexity index is 3650. The Hall–Kier alpha value is -8.83. The quantitative estimate of drug-likeness (QED) is 0.00730. The molecule has 6 aromatic rings. The monoisotopic (exact) mass is 1370 g/mol. The van der Waals surface area contributed by atoms with Gasteiger partial charge >= 0.3 is 6.16 Å². The van der Waals surface area contributed by atoms with Gasteiger partial charge in [-0.15, -0.1) is 0 Å². The van der Waals surface area contributed by atoms with Crippen LogP contribution in [0.5, 0.6) is 11.5 Å². The van der Waals surface area contributed by atoms with Crippen LogP contribution in [-0.4, -0.2) is 79.7 Å². The first-order chi connectivity index (χ1) is 48.8. The summed E-state index contributed by atoms with van der Waals surface area (Å²) < 4.78 is 22.6. The largest absolute Gasteiger partial charge is 0.514 e. The number of carbonyl (C=O) groups excluding carboxylic acids is 5. The summed E-state index contributed by atoms with van der Waals surface area (Å²) in [6.07, 6.45) is 18.1. The van der Waals surface area contributed by atoms with Gasteiger partial charge in [-0.3, -0.25) is 29.3 Å². The molecule has 0 saturated heterocycles. The summed E-state index contributed by atoms with van der Waals surface area (Å²) in [5.41, 5.74) is 7.30. The average molecular weight is 1380 g/mol. The highest BCUT2D eigenvalue weighted by molar-refractivity contribution is 5.97. The van der Waals surface area contributed by atoms with Gasteiger partial charge in [0.05, 0.1) is 24.2 Å². The van der Waals surface area contributed by atoms with Gasteiger partial charge in [0, 0.05) is 68.5 Å². The van der Waals surface area contributed by atoms with Gasteiger partial charge in [-0.2, -0.15) is 0 Å². The van der Waals surface area contributed by atoms with Crippen LogP contribution in [0.3, 0.4) is 0 Å². The number of benzene rings is 6. The highest BCUT2D eigenvalue weighted by Gasteiger charge is 2.59. The second kappa shape index (κ2) is 36.2. The fourth-order valence-corrected chi connectivity index (χ4v) is 17.2. The van der Waals surface area contributed by atoms with E-state index in [0.717, 1.165) is 76.5 Å². The van der Waals surface area contributed by atoms with Crippen LogP contribution in [-0.2, 0) is 41.7 Å². The highest BCUT2D eigenvalue weighted by atomic mass is 16.7. The molecule has 4 aliphatic carbocycles. The number of carbonyl (C=O) groups is 5. The summed E-state index contributed by atoms with van der Waals surface area (Å²) in [5.74, 6) is 4.17. The molecule has 6 aromatic carbocycles. The lowest BCUT2D eigenvalue weighted by atomic mass is 9.47. The zero-order valence-corrected chi connectivity index (χ0v) is 60.1. The number of allylic oxidation sites excluding steroid dienone is 1. The van der Waals surface area contributed by atoms with E-state index in [1.165, 1.54) is 82.1 Å². The minimum absolute atomic E-state index is 0.0210. The predicted octanol–water partition coefficient (Wildman–Crippen LogP) is 17.0. The first kappa shape index (κ1) is 74.8. The second-order valence-corrected chi connectivity index (χ2v) is 29.7. The van der Waals surface area contributed by atoms with Crippen LogP contribution in [0.1, 0.15) is 178 Å².